The van der Waals surface area contributed by atoms with Crippen molar-refractivity contribution in [2.75, 3.05) is 13.7 Å². The second-order valence-corrected chi connectivity index (χ2v) is 11.9. The number of aryl methyl sites for hydroxylation is 1. The Morgan fingerprint density at radius 2 is 1.82 bits per heavy atom. The van der Waals surface area contributed by atoms with Crippen LogP contribution in [0.25, 0.3) is 11.8 Å². The van der Waals surface area contributed by atoms with E-state index >= 15 is 0 Å². The molecule has 2 aliphatic rings. The molecule has 0 fully saturated rings. The molecule has 0 radical (unpaired) electrons. The lowest BCUT2D eigenvalue weighted by Gasteiger charge is -2.30. The van der Waals surface area contributed by atoms with E-state index in [2.05, 4.69) is 68.3 Å². The summed E-state index contributed by atoms with van der Waals surface area (Å²) in [5.74, 6) is 1.54. The van der Waals surface area contributed by atoms with Gasteiger partial charge in [-0.05, 0) is 104 Å². The molecule has 0 bridgehead atoms. The number of allylic oxidation sites excluding steroid dienone is 1. The average Bonchev–Trinajstić information content (AvgIpc) is 3.23. The molecule has 1 aromatic heterocycles. The average molecular weight is 652 g/mol. The second kappa shape index (κ2) is 10.3. The Balaban J connectivity index is 1.56. The number of hydrogen-bond acceptors (Lipinski definition) is 5. The smallest absolute Gasteiger partial charge is 0.271 e. The number of halogens is 2. The molecule has 1 atom stereocenters. The lowest BCUT2D eigenvalue weighted by molar-refractivity contribution is 0.336. The van der Waals surface area contributed by atoms with Gasteiger partial charge < -0.3 is 9.47 Å². The Labute approximate surface area is 241 Å². The minimum absolute atomic E-state index is 0.0406. The number of thiazole rings is 1. The van der Waals surface area contributed by atoms with Crippen LogP contribution in [-0.2, 0) is 6.42 Å². The van der Waals surface area contributed by atoms with Gasteiger partial charge in [0.25, 0.3) is 5.56 Å². The number of ether oxygens (including phenoxy) is 2. The monoisotopic (exact) mass is 650 g/mol. The van der Waals surface area contributed by atoms with Gasteiger partial charge in [0.15, 0.2) is 4.80 Å². The SMILES string of the molecule is CCOc1c(Br)cc(/C=c2\sc3n(c2=O)[C@H](c2ccc(OC)cc2)C2=C(N=3)c3ccccc3CC2)cc1Br. The van der Waals surface area contributed by atoms with Crippen LogP contribution in [0.3, 0.4) is 0 Å². The predicted octanol–water partition coefficient (Wildman–Crippen LogP) is 6.25. The van der Waals surface area contributed by atoms with Crippen molar-refractivity contribution in [1.29, 1.82) is 0 Å². The Hall–Kier alpha value is -2.94. The number of nitrogens with zero attached hydrogens (tertiary/aromatic N) is 2. The van der Waals surface area contributed by atoms with Crippen molar-refractivity contribution in [3.05, 3.63) is 117 Å². The third kappa shape index (κ3) is 4.38. The van der Waals surface area contributed by atoms with Crippen molar-refractivity contribution < 1.29 is 9.47 Å². The quantitative estimate of drug-likeness (QED) is 0.256. The minimum atomic E-state index is -0.221. The molecule has 0 N–H and O–H groups in total. The summed E-state index contributed by atoms with van der Waals surface area (Å²) < 4.78 is 15.3. The fourth-order valence-corrected chi connectivity index (χ4v) is 7.66. The zero-order valence-electron chi connectivity index (χ0n) is 20.8. The molecule has 0 saturated carbocycles. The molecule has 192 valence electrons. The normalized spacial score (nSPS) is 16.4. The molecule has 8 heteroatoms. The van der Waals surface area contributed by atoms with E-state index in [9.17, 15) is 4.79 Å². The van der Waals surface area contributed by atoms with E-state index in [-0.39, 0.29) is 11.6 Å². The van der Waals surface area contributed by atoms with Crippen molar-refractivity contribution in [3.8, 4) is 11.5 Å². The third-order valence-corrected chi connectivity index (χ3v) is 9.07. The van der Waals surface area contributed by atoms with Gasteiger partial charge in [-0.2, -0.15) is 0 Å². The molecule has 0 unspecified atom stereocenters. The fraction of sp³-hybridized carbons (Fsp3) is 0.200. The minimum Gasteiger partial charge on any atom is -0.497 e. The molecule has 0 saturated heterocycles. The molecular weight excluding hydrogens is 628 g/mol. The van der Waals surface area contributed by atoms with Crippen LogP contribution >= 0.6 is 43.2 Å². The third-order valence-electron chi connectivity index (χ3n) is 6.91. The summed E-state index contributed by atoms with van der Waals surface area (Å²) in [7, 11) is 1.66. The highest BCUT2D eigenvalue weighted by atomic mass is 79.9. The Morgan fingerprint density at radius 3 is 2.53 bits per heavy atom. The molecule has 4 aromatic rings. The highest BCUT2D eigenvalue weighted by Crippen LogP contribution is 2.41. The number of hydrogen-bond donors (Lipinski definition) is 0. The van der Waals surface area contributed by atoms with Crippen molar-refractivity contribution in [2.24, 2.45) is 4.99 Å². The highest BCUT2D eigenvalue weighted by molar-refractivity contribution is 9.11. The molecule has 1 aliphatic heterocycles. The second-order valence-electron chi connectivity index (χ2n) is 9.13. The molecule has 6 rings (SSSR count). The summed E-state index contributed by atoms with van der Waals surface area (Å²) >= 11 is 8.64. The maximum absolute atomic E-state index is 14.0. The van der Waals surface area contributed by atoms with Crippen molar-refractivity contribution in [1.82, 2.24) is 4.57 Å². The summed E-state index contributed by atoms with van der Waals surface area (Å²) in [6.45, 7) is 2.51. The van der Waals surface area contributed by atoms with Crippen molar-refractivity contribution in [3.63, 3.8) is 0 Å². The summed E-state index contributed by atoms with van der Waals surface area (Å²) in [5.41, 5.74) is 6.53. The molecule has 1 aliphatic carbocycles. The zero-order chi connectivity index (χ0) is 26.4. The van der Waals surface area contributed by atoms with Crippen molar-refractivity contribution >= 4 is 55.0 Å². The predicted molar refractivity (Wildman–Crippen MR) is 159 cm³/mol. The van der Waals surface area contributed by atoms with Gasteiger partial charge in [0.1, 0.15) is 11.5 Å². The zero-order valence-corrected chi connectivity index (χ0v) is 24.8. The first-order valence-corrected chi connectivity index (χ1v) is 14.8. The summed E-state index contributed by atoms with van der Waals surface area (Å²) in [4.78, 5) is 19.8. The maximum Gasteiger partial charge on any atom is 0.271 e. The van der Waals surface area contributed by atoms with Crippen LogP contribution in [0.2, 0.25) is 0 Å². The van der Waals surface area contributed by atoms with Crippen LogP contribution in [0.1, 0.15) is 41.6 Å². The number of rotatable bonds is 5. The van der Waals surface area contributed by atoms with E-state index < -0.39 is 0 Å². The molecule has 38 heavy (non-hydrogen) atoms. The van der Waals surface area contributed by atoms with E-state index in [1.54, 1.807) is 7.11 Å². The van der Waals surface area contributed by atoms with Crippen LogP contribution in [-0.4, -0.2) is 18.3 Å². The molecule has 3 aromatic carbocycles. The van der Waals surface area contributed by atoms with E-state index in [4.69, 9.17) is 14.5 Å². The van der Waals surface area contributed by atoms with Gasteiger partial charge in [0, 0.05) is 5.56 Å². The van der Waals surface area contributed by atoms with Gasteiger partial charge in [0.05, 0.1) is 38.9 Å². The Kier molecular flexibility index (Phi) is 6.88. The fourth-order valence-electron chi connectivity index (χ4n) is 5.21. The van der Waals surface area contributed by atoms with E-state index in [0.29, 0.717) is 15.9 Å². The van der Waals surface area contributed by atoms with Gasteiger partial charge in [0.2, 0.25) is 0 Å². The highest BCUT2D eigenvalue weighted by Gasteiger charge is 2.32. The van der Waals surface area contributed by atoms with Crippen molar-refractivity contribution in [2.45, 2.75) is 25.8 Å². The van der Waals surface area contributed by atoms with E-state index in [0.717, 1.165) is 55.7 Å². The molecule has 5 nitrogen and oxygen atoms in total. The van der Waals surface area contributed by atoms with Gasteiger partial charge >= 0.3 is 0 Å². The summed E-state index contributed by atoms with van der Waals surface area (Å²) in [6, 6.07) is 20.2. The van der Waals surface area contributed by atoms with E-state index in [1.807, 2.05) is 41.8 Å². The van der Waals surface area contributed by atoms with Crippen LogP contribution in [0.15, 0.2) is 85.0 Å². The lowest BCUT2D eigenvalue weighted by atomic mass is 9.83. The molecule has 0 amide bonds. The summed E-state index contributed by atoms with van der Waals surface area (Å²) in [5, 5.41) is 0. The van der Waals surface area contributed by atoms with Gasteiger partial charge in [-0.15, -0.1) is 0 Å². The number of aromatic nitrogens is 1. The molecule has 0 spiro atoms. The lowest BCUT2D eigenvalue weighted by Crippen LogP contribution is -2.38. The molecular formula is C30H24Br2N2O3S. The first-order chi connectivity index (χ1) is 18.5. The summed E-state index contributed by atoms with van der Waals surface area (Å²) in [6.07, 6.45) is 3.71. The van der Waals surface area contributed by atoms with Crippen LogP contribution in [0.4, 0.5) is 0 Å². The van der Waals surface area contributed by atoms with Crippen LogP contribution in [0, 0.1) is 0 Å². The standard InChI is InChI=1S/C30H24Br2N2O3S/c1-3-37-28-23(31)14-17(15-24(28)32)16-25-29(35)34-27(19-8-11-20(36-2)12-9-19)22-13-10-18-6-4-5-7-21(18)26(22)33-30(34)38-25/h4-9,11-12,14-16,27H,3,10,13H2,1-2H3/b25-16-/t27-/m1/s1. The van der Waals surface area contributed by atoms with Gasteiger partial charge in [-0.3, -0.25) is 9.36 Å². The maximum atomic E-state index is 14.0. The number of fused-ring (bicyclic) bond motifs is 3. The van der Waals surface area contributed by atoms with Crippen LogP contribution in [0.5, 0.6) is 11.5 Å². The molecule has 2 heterocycles. The first kappa shape index (κ1) is 25.3. The van der Waals surface area contributed by atoms with Gasteiger partial charge in [-0.25, -0.2) is 4.99 Å². The van der Waals surface area contributed by atoms with E-state index in [1.165, 1.54) is 22.5 Å². The Bertz CT molecular complexity index is 1750. The largest absolute Gasteiger partial charge is 0.497 e. The first-order valence-electron chi connectivity index (χ1n) is 12.4. The van der Waals surface area contributed by atoms with Gasteiger partial charge in [-0.1, -0.05) is 47.7 Å². The number of methoxy groups -OCH3 is 1. The number of benzene rings is 3. The Morgan fingerprint density at radius 1 is 1.08 bits per heavy atom. The topological polar surface area (TPSA) is 52.8 Å². The van der Waals surface area contributed by atoms with Crippen LogP contribution < -0.4 is 24.4 Å².